The molecule has 0 bridgehead atoms. The molecule has 0 spiro atoms. The molecule has 0 aliphatic carbocycles. The summed E-state index contributed by atoms with van der Waals surface area (Å²) in [5.41, 5.74) is 3.82. The van der Waals surface area contributed by atoms with Gasteiger partial charge in [0.15, 0.2) is 0 Å². The molecule has 6 heteroatoms. The summed E-state index contributed by atoms with van der Waals surface area (Å²) in [6.45, 7) is 4.21. The Morgan fingerprint density at radius 3 is 2.71 bits per heavy atom. The molecular weight excluding hydrogens is 372 g/mol. The van der Waals surface area contributed by atoms with E-state index in [1.165, 1.54) is 0 Å². The Morgan fingerprint density at radius 2 is 2.04 bits per heavy atom. The molecule has 1 amide bonds. The lowest BCUT2D eigenvalue weighted by Crippen LogP contribution is -2.13. The fourth-order valence-electron chi connectivity index (χ4n) is 2.12. The standard InChI is InChI=1S/C18H19BrN2O3/c1-12-4-6-16(13(2)8-12)21-18(22)10-20-24-11-14-5-7-17(23-3)15(19)9-14/h4-10H,11H2,1-3H3,(H,21,22)/b20-10-. The second-order valence-electron chi connectivity index (χ2n) is 5.28. The van der Waals surface area contributed by atoms with Crippen molar-refractivity contribution < 1.29 is 14.4 Å². The van der Waals surface area contributed by atoms with Crippen LogP contribution in [0, 0.1) is 13.8 Å². The lowest BCUT2D eigenvalue weighted by molar-refractivity contribution is -0.110. The van der Waals surface area contributed by atoms with Crippen molar-refractivity contribution in [3.63, 3.8) is 0 Å². The van der Waals surface area contributed by atoms with Gasteiger partial charge in [0.05, 0.1) is 11.6 Å². The molecule has 0 radical (unpaired) electrons. The van der Waals surface area contributed by atoms with E-state index in [9.17, 15) is 4.79 Å². The number of nitrogens with one attached hydrogen (secondary N) is 1. The summed E-state index contributed by atoms with van der Waals surface area (Å²) in [5, 5.41) is 6.47. The molecule has 5 nitrogen and oxygen atoms in total. The van der Waals surface area contributed by atoms with Gasteiger partial charge in [0.1, 0.15) is 18.6 Å². The number of anilines is 1. The van der Waals surface area contributed by atoms with Crippen LogP contribution in [0.15, 0.2) is 46.0 Å². The predicted molar refractivity (Wildman–Crippen MR) is 98.5 cm³/mol. The van der Waals surface area contributed by atoms with Gasteiger partial charge >= 0.3 is 0 Å². The van der Waals surface area contributed by atoms with Gasteiger partial charge in [-0.05, 0) is 59.1 Å². The zero-order valence-corrected chi connectivity index (χ0v) is 15.4. The van der Waals surface area contributed by atoms with E-state index in [1.54, 1.807) is 7.11 Å². The average Bonchev–Trinajstić information content (AvgIpc) is 2.54. The van der Waals surface area contributed by atoms with Gasteiger partial charge in [0.25, 0.3) is 5.91 Å². The second kappa shape index (κ2) is 8.49. The number of carbonyl (C=O) groups is 1. The van der Waals surface area contributed by atoms with E-state index in [0.29, 0.717) is 0 Å². The van der Waals surface area contributed by atoms with Gasteiger partial charge in [-0.15, -0.1) is 0 Å². The first-order chi connectivity index (χ1) is 11.5. The fraction of sp³-hybridized carbons (Fsp3) is 0.222. The van der Waals surface area contributed by atoms with E-state index in [-0.39, 0.29) is 12.5 Å². The first-order valence-corrected chi connectivity index (χ1v) is 8.15. The van der Waals surface area contributed by atoms with Crippen molar-refractivity contribution in [2.75, 3.05) is 12.4 Å². The number of methoxy groups -OCH3 is 1. The van der Waals surface area contributed by atoms with Crippen LogP contribution in [-0.4, -0.2) is 19.2 Å². The van der Waals surface area contributed by atoms with Crippen LogP contribution < -0.4 is 10.1 Å². The van der Waals surface area contributed by atoms with Crippen LogP contribution in [0.1, 0.15) is 16.7 Å². The summed E-state index contributed by atoms with van der Waals surface area (Å²) in [5.74, 6) is 0.410. The van der Waals surface area contributed by atoms with Gasteiger partial charge in [-0.3, -0.25) is 4.79 Å². The van der Waals surface area contributed by atoms with Crippen molar-refractivity contribution in [3.8, 4) is 5.75 Å². The lowest BCUT2D eigenvalue weighted by Gasteiger charge is -2.07. The van der Waals surface area contributed by atoms with E-state index >= 15 is 0 Å². The van der Waals surface area contributed by atoms with Gasteiger partial charge in [0.2, 0.25) is 0 Å². The zero-order chi connectivity index (χ0) is 17.5. The van der Waals surface area contributed by atoms with Crippen LogP contribution in [0.5, 0.6) is 5.75 Å². The van der Waals surface area contributed by atoms with Gasteiger partial charge < -0.3 is 14.9 Å². The Bertz CT molecular complexity index is 760. The Kier molecular flexibility index (Phi) is 6.37. The minimum Gasteiger partial charge on any atom is -0.496 e. The maximum atomic E-state index is 11.8. The van der Waals surface area contributed by atoms with Crippen LogP contribution >= 0.6 is 15.9 Å². The van der Waals surface area contributed by atoms with Crippen molar-refractivity contribution in [1.29, 1.82) is 0 Å². The summed E-state index contributed by atoms with van der Waals surface area (Å²) < 4.78 is 6.00. The average molecular weight is 391 g/mol. The third-order valence-electron chi connectivity index (χ3n) is 3.33. The molecule has 0 saturated heterocycles. The molecule has 2 aromatic rings. The highest BCUT2D eigenvalue weighted by molar-refractivity contribution is 9.10. The number of aryl methyl sites for hydroxylation is 2. The number of amides is 1. The molecule has 0 unspecified atom stereocenters. The minimum atomic E-state index is -0.335. The third-order valence-corrected chi connectivity index (χ3v) is 3.95. The van der Waals surface area contributed by atoms with Crippen LogP contribution in [0.4, 0.5) is 5.69 Å². The molecule has 0 aliphatic heterocycles. The molecular formula is C18H19BrN2O3. The molecule has 0 heterocycles. The quantitative estimate of drug-likeness (QED) is 0.593. The molecule has 1 N–H and O–H groups in total. The lowest BCUT2D eigenvalue weighted by atomic mass is 10.1. The molecule has 0 aromatic heterocycles. The number of nitrogens with zero attached hydrogens (tertiary/aromatic N) is 1. The summed E-state index contributed by atoms with van der Waals surface area (Å²) in [6, 6.07) is 11.4. The smallest absolute Gasteiger partial charge is 0.270 e. The first-order valence-electron chi connectivity index (χ1n) is 7.35. The highest BCUT2D eigenvalue weighted by Gasteiger charge is 2.03. The number of hydrogen-bond acceptors (Lipinski definition) is 4. The number of oxime groups is 1. The highest BCUT2D eigenvalue weighted by atomic mass is 79.9. The SMILES string of the molecule is COc1ccc(CO/N=C\C(=O)Nc2ccc(C)cc2C)cc1Br. The number of ether oxygens (including phenoxy) is 1. The van der Waals surface area contributed by atoms with E-state index in [1.807, 2.05) is 50.2 Å². The molecule has 0 saturated carbocycles. The van der Waals surface area contributed by atoms with Crippen LogP contribution in [0.25, 0.3) is 0 Å². The molecule has 0 fully saturated rings. The molecule has 2 aromatic carbocycles. The summed E-state index contributed by atoms with van der Waals surface area (Å²) >= 11 is 3.41. The van der Waals surface area contributed by atoms with E-state index in [2.05, 4.69) is 26.4 Å². The molecule has 0 atom stereocenters. The summed E-state index contributed by atoms with van der Waals surface area (Å²) in [6.07, 6.45) is 1.12. The van der Waals surface area contributed by atoms with E-state index < -0.39 is 0 Å². The molecule has 126 valence electrons. The van der Waals surface area contributed by atoms with Crippen LogP contribution in [0.3, 0.4) is 0 Å². The Hall–Kier alpha value is -2.34. The van der Waals surface area contributed by atoms with Crippen molar-refractivity contribution in [3.05, 3.63) is 57.6 Å². The van der Waals surface area contributed by atoms with Gasteiger partial charge in [-0.25, -0.2) is 0 Å². The maximum Gasteiger partial charge on any atom is 0.270 e. The Balaban J connectivity index is 1.85. The first kappa shape index (κ1) is 18.0. The van der Waals surface area contributed by atoms with Gasteiger partial charge in [-0.2, -0.15) is 0 Å². The van der Waals surface area contributed by atoms with Gasteiger partial charge in [0, 0.05) is 5.69 Å². The largest absolute Gasteiger partial charge is 0.496 e. The Labute approximate surface area is 149 Å². The molecule has 24 heavy (non-hydrogen) atoms. The zero-order valence-electron chi connectivity index (χ0n) is 13.8. The minimum absolute atomic E-state index is 0.260. The molecule has 0 aliphatic rings. The topological polar surface area (TPSA) is 59.9 Å². The predicted octanol–water partition coefficient (Wildman–Crippen LogP) is 4.22. The number of benzene rings is 2. The fourth-order valence-corrected chi connectivity index (χ4v) is 2.70. The monoisotopic (exact) mass is 390 g/mol. The maximum absolute atomic E-state index is 11.8. The summed E-state index contributed by atoms with van der Waals surface area (Å²) in [7, 11) is 1.61. The van der Waals surface area contributed by atoms with Crippen molar-refractivity contribution >= 4 is 33.7 Å². The number of carbonyl (C=O) groups excluding carboxylic acids is 1. The Morgan fingerprint density at radius 1 is 1.25 bits per heavy atom. The number of halogens is 1. The van der Waals surface area contributed by atoms with Crippen LogP contribution in [-0.2, 0) is 16.2 Å². The van der Waals surface area contributed by atoms with Crippen LogP contribution in [0.2, 0.25) is 0 Å². The van der Waals surface area contributed by atoms with E-state index in [4.69, 9.17) is 9.57 Å². The van der Waals surface area contributed by atoms with Gasteiger partial charge in [-0.1, -0.05) is 28.9 Å². The second-order valence-corrected chi connectivity index (χ2v) is 6.14. The van der Waals surface area contributed by atoms with Crippen molar-refractivity contribution in [2.45, 2.75) is 20.5 Å². The third kappa shape index (κ3) is 5.09. The van der Waals surface area contributed by atoms with Crippen molar-refractivity contribution in [1.82, 2.24) is 0 Å². The number of rotatable bonds is 6. The summed E-state index contributed by atoms with van der Waals surface area (Å²) in [4.78, 5) is 17.0. The molecule has 2 rings (SSSR count). The van der Waals surface area contributed by atoms with Crippen molar-refractivity contribution in [2.24, 2.45) is 5.16 Å². The number of hydrogen-bond donors (Lipinski definition) is 1. The normalized spacial score (nSPS) is 10.7. The van der Waals surface area contributed by atoms with E-state index in [0.717, 1.165) is 38.8 Å². The highest BCUT2D eigenvalue weighted by Crippen LogP contribution is 2.25.